The molecule has 0 atom stereocenters. The van der Waals surface area contributed by atoms with E-state index in [1.165, 1.54) is 11.3 Å². The first-order valence-corrected chi connectivity index (χ1v) is 4.95. The molecule has 1 aromatic rings. The van der Waals surface area contributed by atoms with E-state index in [4.69, 9.17) is 5.11 Å². The van der Waals surface area contributed by atoms with Gasteiger partial charge < -0.3 is 15.7 Å². The summed E-state index contributed by atoms with van der Waals surface area (Å²) in [6.07, 6.45) is 0. The summed E-state index contributed by atoms with van der Waals surface area (Å²) >= 11 is 0. The van der Waals surface area contributed by atoms with Gasteiger partial charge in [0.05, 0.1) is 6.61 Å². The van der Waals surface area contributed by atoms with Crippen LogP contribution in [0.1, 0.15) is 5.56 Å². The van der Waals surface area contributed by atoms with Crippen molar-refractivity contribution in [3.8, 4) is 0 Å². The maximum absolute atomic E-state index is 8.54. The Hall–Kier alpha value is -1.06. The Balaban J connectivity index is 2.21. The molecule has 0 saturated carbocycles. The van der Waals surface area contributed by atoms with E-state index >= 15 is 0 Å². The summed E-state index contributed by atoms with van der Waals surface area (Å²) < 4.78 is 0. The molecular formula is C11H18N2O. The van der Waals surface area contributed by atoms with Crippen molar-refractivity contribution in [3.05, 3.63) is 29.8 Å². The lowest BCUT2D eigenvalue weighted by Gasteiger charge is -2.09. The zero-order valence-corrected chi connectivity index (χ0v) is 8.59. The Morgan fingerprint density at radius 1 is 1.14 bits per heavy atom. The molecule has 0 bridgehead atoms. The Kier molecular flexibility index (Phi) is 5.04. The number of rotatable bonds is 6. The van der Waals surface area contributed by atoms with Crippen LogP contribution in [0.5, 0.6) is 0 Å². The van der Waals surface area contributed by atoms with Gasteiger partial charge >= 0.3 is 0 Å². The second-order valence-corrected chi connectivity index (χ2v) is 3.22. The largest absolute Gasteiger partial charge is 0.395 e. The molecule has 3 heteroatoms. The average molecular weight is 194 g/mol. The van der Waals surface area contributed by atoms with Gasteiger partial charge in [-0.15, -0.1) is 0 Å². The Morgan fingerprint density at radius 3 is 2.64 bits per heavy atom. The van der Waals surface area contributed by atoms with E-state index in [9.17, 15) is 0 Å². The first-order valence-electron chi connectivity index (χ1n) is 4.95. The summed E-state index contributed by atoms with van der Waals surface area (Å²) in [5, 5.41) is 15.0. The van der Waals surface area contributed by atoms with E-state index in [-0.39, 0.29) is 6.61 Å². The van der Waals surface area contributed by atoms with Crippen molar-refractivity contribution in [1.82, 2.24) is 5.32 Å². The Morgan fingerprint density at radius 2 is 1.93 bits per heavy atom. The van der Waals surface area contributed by atoms with Gasteiger partial charge in [0.2, 0.25) is 0 Å². The predicted molar refractivity (Wildman–Crippen MR) is 59.6 cm³/mol. The Labute approximate surface area is 85.2 Å². The molecule has 0 heterocycles. The van der Waals surface area contributed by atoms with Crippen molar-refractivity contribution in [2.24, 2.45) is 0 Å². The van der Waals surface area contributed by atoms with Crippen LogP contribution < -0.4 is 10.6 Å². The fourth-order valence-electron chi connectivity index (χ4n) is 1.26. The predicted octanol–water partition coefficient (Wildman–Crippen LogP) is 0.989. The summed E-state index contributed by atoms with van der Waals surface area (Å²) in [6, 6.07) is 8.21. The third-order valence-electron chi connectivity index (χ3n) is 2.05. The molecule has 0 amide bonds. The van der Waals surface area contributed by atoms with Gasteiger partial charge in [0, 0.05) is 25.3 Å². The summed E-state index contributed by atoms with van der Waals surface area (Å²) in [7, 11) is 0. The summed E-state index contributed by atoms with van der Waals surface area (Å²) in [4.78, 5) is 0. The van der Waals surface area contributed by atoms with E-state index in [2.05, 4.69) is 29.7 Å². The second kappa shape index (κ2) is 6.40. The van der Waals surface area contributed by atoms with Crippen molar-refractivity contribution in [2.45, 2.75) is 6.92 Å². The summed E-state index contributed by atoms with van der Waals surface area (Å²) in [6.45, 7) is 4.70. The molecule has 3 N–H and O–H groups in total. The highest BCUT2D eigenvalue weighted by molar-refractivity contribution is 5.50. The van der Waals surface area contributed by atoms with Crippen LogP contribution in [-0.2, 0) is 0 Å². The lowest BCUT2D eigenvalue weighted by atomic mass is 10.2. The molecule has 14 heavy (non-hydrogen) atoms. The minimum atomic E-state index is 0.199. The van der Waals surface area contributed by atoms with Crippen LogP contribution in [0.3, 0.4) is 0 Å². The number of aryl methyl sites for hydroxylation is 1. The molecule has 0 aliphatic carbocycles. The van der Waals surface area contributed by atoms with Gasteiger partial charge in [0.1, 0.15) is 0 Å². The van der Waals surface area contributed by atoms with Crippen LogP contribution in [-0.4, -0.2) is 31.3 Å². The number of benzene rings is 1. The van der Waals surface area contributed by atoms with Gasteiger partial charge in [-0.1, -0.05) is 18.2 Å². The van der Waals surface area contributed by atoms with Gasteiger partial charge in [-0.2, -0.15) is 0 Å². The average Bonchev–Trinajstić information content (AvgIpc) is 2.20. The number of anilines is 1. The number of hydrogen-bond donors (Lipinski definition) is 3. The van der Waals surface area contributed by atoms with Crippen LogP contribution in [0.2, 0.25) is 0 Å². The molecule has 3 nitrogen and oxygen atoms in total. The SMILES string of the molecule is Cc1ccccc1NCCNCCO. The number of aliphatic hydroxyl groups excluding tert-OH is 1. The van der Waals surface area contributed by atoms with Crippen LogP contribution in [0.15, 0.2) is 24.3 Å². The highest BCUT2D eigenvalue weighted by Crippen LogP contribution is 2.11. The quantitative estimate of drug-likeness (QED) is 0.592. The molecular weight excluding hydrogens is 176 g/mol. The molecule has 0 fully saturated rings. The summed E-state index contributed by atoms with van der Waals surface area (Å²) in [5.41, 5.74) is 2.44. The van der Waals surface area contributed by atoms with Gasteiger partial charge in [-0.25, -0.2) is 0 Å². The standard InChI is InChI=1S/C11H18N2O/c1-10-4-2-3-5-11(10)13-7-6-12-8-9-14/h2-5,12-14H,6-9H2,1H3. The maximum Gasteiger partial charge on any atom is 0.0555 e. The number of nitrogens with one attached hydrogen (secondary N) is 2. The molecule has 0 spiro atoms. The normalized spacial score (nSPS) is 10.1. The van der Waals surface area contributed by atoms with E-state index in [1.54, 1.807) is 0 Å². The molecule has 0 saturated heterocycles. The minimum Gasteiger partial charge on any atom is -0.395 e. The van der Waals surface area contributed by atoms with Gasteiger partial charge in [-0.3, -0.25) is 0 Å². The van der Waals surface area contributed by atoms with Gasteiger partial charge in [0.25, 0.3) is 0 Å². The molecule has 0 aliphatic rings. The van der Waals surface area contributed by atoms with Crippen molar-refractivity contribution in [2.75, 3.05) is 31.6 Å². The molecule has 0 unspecified atom stereocenters. The van der Waals surface area contributed by atoms with Crippen LogP contribution in [0.4, 0.5) is 5.69 Å². The third-order valence-corrected chi connectivity index (χ3v) is 2.05. The number of aliphatic hydroxyl groups is 1. The molecule has 0 radical (unpaired) electrons. The van der Waals surface area contributed by atoms with Crippen LogP contribution in [0, 0.1) is 6.92 Å². The smallest absolute Gasteiger partial charge is 0.0555 e. The Bertz CT molecular complexity index is 263. The van der Waals surface area contributed by atoms with Crippen molar-refractivity contribution in [1.29, 1.82) is 0 Å². The van der Waals surface area contributed by atoms with E-state index in [1.807, 2.05) is 12.1 Å². The topological polar surface area (TPSA) is 44.3 Å². The van der Waals surface area contributed by atoms with E-state index < -0.39 is 0 Å². The third kappa shape index (κ3) is 3.77. The van der Waals surface area contributed by atoms with Gasteiger partial charge in [0.15, 0.2) is 0 Å². The fourth-order valence-corrected chi connectivity index (χ4v) is 1.26. The molecule has 78 valence electrons. The number of para-hydroxylation sites is 1. The summed E-state index contributed by atoms with van der Waals surface area (Å²) in [5.74, 6) is 0. The zero-order valence-electron chi connectivity index (χ0n) is 8.59. The van der Waals surface area contributed by atoms with Crippen LogP contribution in [0.25, 0.3) is 0 Å². The highest BCUT2D eigenvalue weighted by Gasteiger charge is 1.93. The van der Waals surface area contributed by atoms with Crippen molar-refractivity contribution < 1.29 is 5.11 Å². The lowest BCUT2D eigenvalue weighted by molar-refractivity contribution is 0.293. The minimum absolute atomic E-state index is 0.199. The zero-order chi connectivity index (χ0) is 10.2. The van der Waals surface area contributed by atoms with Gasteiger partial charge in [-0.05, 0) is 18.6 Å². The highest BCUT2D eigenvalue weighted by atomic mass is 16.3. The van der Waals surface area contributed by atoms with Crippen LogP contribution >= 0.6 is 0 Å². The van der Waals surface area contributed by atoms with Crippen molar-refractivity contribution >= 4 is 5.69 Å². The molecule has 0 aliphatic heterocycles. The second-order valence-electron chi connectivity index (χ2n) is 3.22. The first-order chi connectivity index (χ1) is 6.84. The molecule has 1 rings (SSSR count). The van der Waals surface area contributed by atoms with E-state index in [0.29, 0.717) is 6.54 Å². The lowest BCUT2D eigenvalue weighted by Crippen LogP contribution is -2.25. The monoisotopic (exact) mass is 194 g/mol. The maximum atomic E-state index is 8.54. The molecule has 1 aromatic carbocycles. The fraction of sp³-hybridized carbons (Fsp3) is 0.455. The van der Waals surface area contributed by atoms with Crippen molar-refractivity contribution in [3.63, 3.8) is 0 Å². The molecule has 0 aromatic heterocycles. The first kappa shape index (κ1) is 11.0. The van der Waals surface area contributed by atoms with E-state index in [0.717, 1.165) is 13.1 Å². The number of hydrogen-bond acceptors (Lipinski definition) is 3.